The van der Waals surface area contributed by atoms with Crippen molar-refractivity contribution in [2.24, 2.45) is 11.5 Å². The van der Waals surface area contributed by atoms with Gasteiger partial charge in [-0.25, -0.2) is 4.79 Å². The fraction of sp³-hybridized carbons (Fsp3) is 0.476. The number of carboxylic acid groups (broad SMARTS) is 1. The second kappa shape index (κ2) is 13.2. The summed E-state index contributed by atoms with van der Waals surface area (Å²) in [5, 5.41) is 44.8. The molecule has 0 fully saturated rings. The van der Waals surface area contributed by atoms with E-state index in [2.05, 4.69) is 10.6 Å². The van der Waals surface area contributed by atoms with Crippen LogP contribution in [-0.2, 0) is 30.4 Å². The minimum absolute atomic E-state index is 0.0265. The van der Waals surface area contributed by atoms with Crippen LogP contribution >= 0.6 is 0 Å². The highest BCUT2D eigenvalue weighted by Gasteiger charge is 2.34. The molecular weight excluding hydrogens is 466 g/mol. The van der Waals surface area contributed by atoms with Crippen LogP contribution in [0.5, 0.6) is 5.75 Å². The van der Waals surface area contributed by atoms with E-state index in [4.69, 9.17) is 16.6 Å². The summed E-state index contributed by atoms with van der Waals surface area (Å²) in [4.78, 5) is 60.0. The number of amides is 4. The third-order valence-corrected chi connectivity index (χ3v) is 4.87. The zero-order valence-corrected chi connectivity index (χ0v) is 19.2. The van der Waals surface area contributed by atoms with Crippen LogP contribution in [0.15, 0.2) is 24.3 Å². The van der Waals surface area contributed by atoms with Gasteiger partial charge in [-0.1, -0.05) is 12.1 Å². The Balaban J connectivity index is 2.89. The molecule has 35 heavy (non-hydrogen) atoms. The molecule has 1 rings (SSSR count). The minimum atomic E-state index is -1.71. The molecule has 4 amide bonds. The van der Waals surface area contributed by atoms with E-state index in [0.29, 0.717) is 5.56 Å². The lowest BCUT2D eigenvalue weighted by Gasteiger charge is -2.27. The molecule has 0 aliphatic rings. The first-order valence-corrected chi connectivity index (χ1v) is 10.5. The van der Waals surface area contributed by atoms with Gasteiger partial charge in [0.1, 0.15) is 23.9 Å². The maximum Gasteiger partial charge on any atom is 0.326 e. The first-order chi connectivity index (χ1) is 16.2. The largest absolute Gasteiger partial charge is 0.508 e. The topological polar surface area (TPSA) is 254 Å². The summed E-state index contributed by atoms with van der Waals surface area (Å²) in [5.74, 6) is -5.54. The molecule has 0 radical (unpaired) electrons. The van der Waals surface area contributed by atoms with Gasteiger partial charge < -0.3 is 47.8 Å². The van der Waals surface area contributed by atoms with Crippen molar-refractivity contribution in [3.8, 4) is 5.75 Å². The number of primary amides is 1. The Kier molecular flexibility index (Phi) is 11.1. The minimum Gasteiger partial charge on any atom is -0.508 e. The number of carboxylic acids is 1. The number of carbonyl (C=O) groups excluding carboxylic acids is 4. The van der Waals surface area contributed by atoms with Crippen LogP contribution in [0, 0.1) is 0 Å². The Morgan fingerprint density at radius 1 is 0.857 bits per heavy atom. The molecule has 11 N–H and O–H groups in total. The Morgan fingerprint density at radius 2 is 1.31 bits per heavy atom. The molecule has 14 heteroatoms. The molecule has 0 bridgehead atoms. The van der Waals surface area contributed by atoms with Gasteiger partial charge in [-0.2, -0.15) is 0 Å². The number of nitrogens with two attached hydrogens (primary N) is 2. The van der Waals surface area contributed by atoms with Gasteiger partial charge in [-0.3, -0.25) is 19.2 Å². The second-order valence-electron chi connectivity index (χ2n) is 8.00. The Morgan fingerprint density at radius 3 is 1.74 bits per heavy atom. The van der Waals surface area contributed by atoms with Crippen molar-refractivity contribution < 1.29 is 44.4 Å². The van der Waals surface area contributed by atoms with Gasteiger partial charge in [0.05, 0.1) is 24.7 Å². The molecule has 0 aliphatic carbocycles. The smallest absolute Gasteiger partial charge is 0.326 e. The van der Waals surface area contributed by atoms with Crippen molar-refractivity contribution in [2.75, 3.05) is 0 Å². The van der Waals surface area contributed by atoms with E-state index in [1.54, 1.807) is 12.1 Å². The van der Waals surface area contributed by atoms with Crippen LogP contribution in [0.4, 0.5) is 0 Å². The van der Waals surface area contributed by atoms with E-state index in [1.165, 1.54) is 19.1 Å². The lowest BCUT2D eigenvalue weighted by Crippen LogP contribution is -2.62. The molecule has 194 valence electrons. The number of hydrogen-bond donors (Lipinski definition) is 9. The van der Waals surface area contributed by atoms with Gasteiger partial charge in [0.25, 0.3) is 0 Å². The third kappa shape index (κ3) is 9.56. The number of aromatic hydroxyl groups is 1. The van der Waals surface area contributed by atoms with Crippen LogP contribution in [0.3, 0.4) is 0 Å². The second-order valence-corrected chi connectivity index (χ2v) is 8.00. The van der Waals surface area contributed by atoms with Crippen LogP contribution in [0.25, 0.3) is 0 Å². The summed E-state index contributed by atoms with van der Waals surface area (Å²) in [5.41, 5.74) is 11.5. The van der Waals surface area contributed by atoms with Crippen molar-refractivity contribution >= 4 is 29.6 Å². The highest BCUT2D eigenvalue weighted by atomic mass is 16.4. The van der Waals surface area contributed by atoms with Crippen molar-refractivity contribution in [2.45, 2.75) is 63.1 Å². The summed E-state index contributed by atoms with van der Waals surface area (Å²) in [6, 6.07) is -0.190. The van der Waals surface area contributed by atoms with Crippen molar-refractivity contribution in [3.63, 3.8) is 0 Å². The van der Waals surface area contributed by atoms with Gasteiger partial charge >= 0.3 is 5.97 Å². The maximum absolute atomic E-state index is 12.7. The van der Waals surface area contributed by atoms with Gasteiger partial charge in [-0.05, 0) is 38.0 Å². The van der Waals surface area contributed by atoms with Crippen molar-refractivity contribution in [3.05, 3.63) is 29.8 Å². The molecule has 0 aromatic heterocycles. The number of rotatable bonds is 13. The Labute approximate surface area is 200 Å². The average molecular weight is 498 g/mol. The molecule has 6 unspecified atom stereocenters. The number of nitrogens with one attached hydrogen (secondary N) is 3. The highest BCUT2D eigenvalue weighted by molar-refractivity contribution is 5.95. The summed E-state index contributed by atoms with van der Waals surface area (Å²) in [6.45, 7) is 2.33. The lowest BCUT2D eigenvalue weighted by atomic mass is 10.0. The summed E-state index contributed by atoms with van der Waals surface area (Å²) in [7, 11) is 0. The number of hydrogen-bond acceptors (Lipinski definition) is 9. The standard InChI is InChI=1S/C21H31N5O9/c1-9(27)16(19(32)24-14(21(34)35)8-15(23)30)26-20(33)17(10(2)28)25-18(31)13(22)7-11-3-5-12(29)6-4-11/h3-6,9-10,13-14,16-17,27-29H,7-8,22H2,1-2H3,(H2,23,30)(H,24,32)(H,25,31)(H,26,33)(H,34,35). The molecule has 6 atom stereocenters. The highest BCUT2D eigenvalue weighted by Crippen LogP contribution is 2.11. The summed E-state index contributed by atoms with van der Waals surface area (Å²) < 4.78 is 0. The van der Waals surface area contributed by atoms with E-state index in [-0.39, 0.29) is 12.2 Å². The first kappa shape index (κ1) is 29.3. The molecule has 1 aromatic rings. The molecule has 0 heterocycles. The summed E-state index contributed by atoms with van der Waals surface area (Å²) >= 11 is 0. The monoisotopic (exact) mass is 497 g/mol. The Hall–Kier alpha value is -3.75. The van der Waals surface area contributed by atoms with Crippen molar-refractivity contribution in [1.82, 2.24) is 16.0 Å². The zero-order valence-electron chi connectivity index (χ0n) is 19.2. The number of benzene rings is 1. The number of aliphatic hydroxyl groups excluding tert-OH is 2. The van der Waals surface area contributed by atoms with Crippen LogP contribution < -0.4 is 27.4 Å². The fourth-order valence-corrected chi connectivity index (χ4v) is 2.96. The Bertz CT molecular complexity index is 920. The normalized spacial score (nSPS) is 16.0. The third-order valence-electron chi connectivity index (χ3n) is 4.87. The number of phenols is 1. The first-order valence-electron chi connectivity index (χ1n) is 10.5. The van der Waals surface area contributed by atoms with E-state index in [1.807, 2.05) is 5.32 Å². The molecule has 0 spiro atoms. The van der Waals surface area contributed by atoms with Gasteiger partial charge in [0, 0.05) is 0 Å². The SMILES string of the molecule is CC(O)C(NC(=O)C(N)Cc1ccc(O)cc1)C(=O)NC(C(=O)NC(CC(N)=O)C(=O)O)C(C)O. The molecule has 1 aromatic carbocycles. The lowest BCUT2D eigenvalue weighted by molar-refractivity contribution is -0.144. The quantitative estimate of drug-likeness (QED) is 0.130. The van der Waals surface area contributed by atoms with Crippen molar-refractivity contribution in [1.29, 1.82) is 0 Å². The van der Waals surface area contributed by atoms with Gasteiger partial charge in [0.2, 0.25) is 23.6 Å². The molecule has 0 aliphatic heterocycles. The maximum atomic E-state index is 12.7. The van der Waals surface area contributed by atoms with Gasteiger partial charge in [-0.15, -0.1) is 0 Å². The number of carbonyl (C=O) groups is 5. The van der Waals surface area contributed by atoms with Crippen LogP contribution in [0.2, 0.25) is 0 Å². The van der Waals surface area contributed by atoms with E-state index >= 15 is 0 Å². The number of phenolic OH excluding ortho intramolecular Hbond substituents is 1. The number of aliphatic hydroxyl groups is 2. The van der Waals surface area contributed by atoms with Crippen LogP contribution in [0.1, 0.15) is 25.8 Å². The van der Waals surface area contributed by atoms with Crippen LogP contribution in [-0.4, -0.2) is 86.4 Å². The summed E-state index contributed by atoms with van der Waals surface area (Å²) in [6.07, 6.45) is -3.65. The predicted molar refractivity (Wildman–Crippen MR) is 120 cm³/mol. The fourth-order valence-electron chi connectivity index (χ4n) is 2.96. The van der Waals surface area contributed by atoms with E-state index in [9.17, 15) is 39.3 Å². The molecule has 0 saturated carbocycles. The predicted octanol–water partition coefficient (Wildman–Crippen LogP) is -3.56. The molecule has 14 nitrogen and oxygen atoms in total. The van der Waals surface area contributed by atoms with Gasteiger partial charge in [0.15, 0.2) is 0 Å². The molecular formula is C21H31N5O9. The average Bonchev–Trinajstić information content (AvgIpc) is 2.75. The zero-order chi connectivity index (χ0) is 26.9. The molecule has 0 saturated heterocycles. The number of aliphatic carboxylic acids is 1. The van der Waals surface area contributed by atoms with E-state index < -0.39 is 72.4 Å². The van der Waals surface area contributed by atoms with E-state index in [0.717, 1.165) is 6.92 Å².